The molecular weight excluding hydrogens is 224 g/mol. The number of nitrogens with zero attached hydrogens (tertiary/aromatic N) is 2. The number of carbonyl (C=O) groups is 1. The summed E-state index contributed by atoms with van der Waals surface area (Å²) >= 11 is 5.90. The molecule has 0 unspecified atom stereocenters. The predicted octanol–water partition coefficient (Wildman–Crippen LogP) is 2.92. The minimum Gasteiger partial charge on any atom is -0.298 e. The van der Waals surface area contributed by atoms with Crippen LogP contribution in [0.1, 0.15) is 16.2 Å². The molecule has 2 rings (SSSR count). The molecule has 0 amide bonds. The van der Waals surface area contributed by atoms with Crippen molar-refractivity contribution in [1.82, 2.24) is 9.97 Å². The number of hydrogen-bond acceptors (Lipinski definition) is 3. The predicted molar refractivity (Wildman–Crippen MR) is 62.6 cm³/mol. The van der Waals surface area contributed by atoms with E-state index < -0.39 is 0 Å². The van der Waals surface area contributed by atoms with Gasteiger partial charge in [0.25, 0.3) is 0 Å². The average molecular weight is 233 g/mol. The molecule has 0 aliphatic rings. The van der Waals surface area contributed by atoms with Gasteiger partial charge in [-0.15, -0.1) is 0 Å². The summed E-state index contributed by atoms with van der Waals surface area (Å²) in [6.45, 7) is 1.74. The van der Waals surface area contributed by atoms with Crippen LogP contribution in [-0.4, -0.2) is 16.3 Å². The molecule has 0 saturated carbocycles. The molecule has 0 bridgehead atoms. The minimum atomic E-state index is 0.196. The van der Waals surface area contributed by atoms with Crippen LogP contribution in [0.25, 0.3) is 11.3 Å². The lowest BCUT2D eigenvalue weighted by Crippen LogP contribution is -1.99. The second-order valence-corrected chi connectivity index (χ2v) is 3.67. The van der Waals surface area contributed by atoms with Crippen LogP contribution in [0, 0.1) is 6.92 Å². The molecular formula is C12H9ClN2O. The molecule has 4 heteroatoms. The van der Waals surface area contributed by atoms with E-state index in [1.165, 1.54) is 0 Å². The fourth-order valence-corrected chi connectivity index (χ4v) is 1.72. The van der Waals surface area contributed by atoms with Gasteiger partial charge in [-0.1, -0.05) is 41.9 Å². The summed E-state index contributed by atoms with van der Waals surface area (Å²) in [7, 11) is 0. The summed E-state index contributed by atoms with van der Waals surface area (Å²) < 4.78 is 0. The van der Waals surface area contributed by atoms with Gasteiger partial charge in [-0.3, -0.25) is 4.79 Å². The maximum atomic E-state index is 11.0. The first-order valence-corrected chi connectivity index (χ1v) is 5.15. The van der Waals surface area contributed by atoms with Gasteiger partial charge in [0.05, 0.1) is 11.3 Å². The van der Waals surface area contributed by atoms with Crippen molar-refractivity contribution < 1.29 is 4.79 Å². The molecule has 0 atom stereocenters. The summed E-state index contributed by atoms with van der Waals surface area (Å²) in [5.74, 6) is 0.550. The molecule has 0 N–H and O–H groups in total. The van der Waals surface area contributed by atoms with Crippen LogP contribution in [0.3, 0.4) is 0 Å². The third kappa shape index (κ3) is 1.95. The molecule has 0 aliphatic carbocycles. The van der Waals surface area contributed by atoms with Crippen LogP contribution in [0.5, 0.6) is 0 Å². The first-order valence-electron chi connectivity index (χ1n) is 4.77. The Morgan fingerprint density at radius 3 is 2.50 bits per heavy atom. The minimum absolute atomic E-state index is 0.196. The smallest absolute Gasteiger partial charge is 0.155 e. The van der Waals surface area contributed by atoms with E-state index in [-0.39, 0.29) is 5.15 Å². The van der Waals surface area contributed by atoms with Crippen LogP contribution >= 0.6 is 11.6 Å². The molecule has 1 aromatic heterocycles. The van der Waals surface area contributed by atoms with Gasteiger partial charge in [-0.2, -0.15) is 0 Å². The Balaban J connectivity index is 2.69. The van der Waals surface area contributed by atoms with Crippen molar-refractivity contribution in [3.63, 3.8) is 0 Å². The zero-order valence-corrected chi connectivity index (χ0v) is 9.40. The van der Waals surface area contributed by atoms with Gasteiger partial charge in [0.1, 0.15) is 11.0 Å². The van der Waals surface area contributed by atoms with Gasteiger partial charge >= 0.3 is 0 Å². The number of aryl methyl sites for hydroxylation is 1. The van der Waals surface area contributed by atoms with Gasteiger partial charge in [0, 0.05) is 5.56 Å². The zero-order chi connectivity index (χ0) is 11.5. The number of hydrogen-bond donors (Lipinski definition) is 0. The standard InChI is InChI=1S/C12H9ClN2O/c1-8-14-11(9-5-3-2-4-6-9)10(7-16)12(13)15-8/h2-7H,1H3. The van der Waals surface area contributed by atoms with Gasteiger partial charge in [0.2, 0.25) is 0 Å². The molecule has 80 valence electrons. The summed E-state index contributed by atoms with van der Waals surface area (Å²) in [6, 6.07) is 9.43. The van der Waals surface area contributed by atoms with Crippen LogP contribution < -0.4 is 0 Å². The van der Waals surface area contributed by atoms with E-state index >= 15 is 0 Å². The highest BCUT2D eigenvalue weighted by Gasteiger charge is 2.12. The average Bonchev–Trinajstić information content (AvgIpc) is 2.29. The third-order valence-corrected chi connectivity index (χ3v) is 2.46. The van der Waals surface area contributed by atoms with E-state index in [1.54, 1.807) is 6.92 Å². The lowest BCUT2D eigenvalue weighted by atomic mass is 10.1. The molecule has 0 radical (unpaired) electrons. The van der Waals surface area contributed by atoms with Crippen LogP contribution in [0.4, 0.5) is 0 Å². The van der Waals surface area contributed by atoms with E-state index in [1.807, 2.05) is 30.3 Å². The van der Waals surface area contributed by atoms with Gasteiger partial charge in [0.15, 0.2) is 6.29 Å². The molecule has 2 aromatic rings. The topological polar surface area (TPSA) is 42.9 Å². The van der Waals surface area contributed by atoms with Crippen molar-refractivity contribution >= 4 is 17.9 Å². The SMILES string of the molecule is Cc1nc(Cl)c(C=O)c(-c2ccccc2)n1. The number of rotatable bonds is 2. The number of aldehydes is 1. The number of carbonyl (C=O) groups excluding carboxylic acids is 1. The van der Waals surface area contributed by atoms with E-state index in [2.05, 4.69) is 9.97 Å². The quantitative estimate of drug-likeness (QED) is 0.591. The largest absolute Gasteiger partial charge is 0.298 e. The maximum Gasteiger partial charge on any atom is 0.155 e. The molecule has 3 nitrogen and oxygen atoms in total. The molecule has 0 fully saturated rings. The van der Waals surface area contributed by atoms with Crippen molar-refractivity contribution in [3.05, 3.63) is 46.9 Å². The lowest BCUT2D eigenvalue weighted by molar-refractivity contribution is 0.112. The van der Waals surface area contributed by atoms with Gasteiger partial charge < -0.3 is 0 Å². The summed E-state index contributed by atoms with van der Waals surface area (Å²) in [5, 5.41) is 0.196. The second-order valence-electron chi connectivity index (χ2n) is 3.31. The number of aromatic nitrogens is 2. The first-order chi connectivity index (χ1) is 7.72. The van der Waals surface area contributed by atoms with Crippen molar-refractivity contribution in [2.24, 2.45) is 0 Å². The van der Waals surface area contributed by atoms with Crippen molar-refractivity contribution in [1.29, 1.82) is 0 Å². The summed E-state index contributed by atoms with van der Waals surface area (Å²) in [6.07, 6.45) is 0.685. The van der Waals surface area contributed by atoms with E-state index in [4.69, 9.17) is 11.6 Å². The van der Waals surface area contributed by atoms with E-state index in [0.29, 0.717) is 23.4 Å². The molecule has 0 saturated heterocycles. The van der Waals surface area contributed by atoms with E-state index in [0.717, 1.165) is 5.56 Å². The molecule has 0 aliphatic heterocycles. The zero-order valence-electron chi connectivity index (χ0n) is 8.64. The Kier molecular flexibility index (Phi) is 2.97. The van der Waals surface area contributed by atoms with E-state index in [9.17, 15) is 4.79 Å². The number of halogens is 1. The van der Waals surface area contributed by atoms with Crippen molar-refractivity contribution in [3.8, 4) is 11.3 Å². The molecule has 16 heavy (non-hydrogen) atoms. The van der Waals surface area contributed by atoms with Crippen LogP contribution in [-0.2, 0) is 0 Å². The monoisotopic (exact) mass is 232 g/mol. The highest BCUT2D eigenvalue weighted by atomic mass is 35.5. The number of benzene rings is 1. The highest BCUT2D eigenvalue weighted by Crippen LogP contribution is 2.24. The Morgan fingerprint density at radius 1 is 1.19 bits per heavy atom. The third-order valence-electron chi connectivity index (χ3n) is 2.18. The van der Waals surface area contributed by atoms with Crippen molar-refractivity contribution in [2.75, 3.05) is 0 Å². The van der Waals surface area contributed by atoms with Crippen molar-refractivity contribution in [2.45, 2.75) is 6.92 Å². The van der Waals surface area contributed by atoms with Crippen LogP contribution in [0.15, 0.2) is 30.3 Å². The summed E-state index contributed by atoms with van der Waals surface area (Å²) in [4.78, 5) is 19.2. The maximum absolute atomic E-state index is 11.0. The summed E-state index contributed by atoms with van der Waals surface area (Å²) in [5.41, 5.74) is 1.77. The normalized spacial score (nSPS) is 10.1. The molecule has 0 spiro atoms. The molecule has 1 aromatic carbocycles. The second kappa shape index (κ2) is 4.41. The highest BCUT2D eigenvalue weighted by molar-refractivity contribution is 6.32. The molecule has 1 heterocycles. The fourth-order valence-electron chi connectivity index (χ4n) is 1.47. The van der Waals surface area contributed by atoms with Gasteiger partial charge in [-0.25, -0.2) is 9.97 Å². The lowest BCUT2D eigenvalue weighted by Gasteiger charge is -2.06. The Bertz CT molecular complexity index is 526. The Hall–Kier alpha value is -1.74. The van der Waals surface area contributed by atoms with Crippen LogP contribution in [0.2, 0.25) is 5.15 Å². The fraction of sp³-hybridized carbons (Fsp3) is 0.0833. The first kappa shape index (κ1) is 10.8. The van der Waals surface area contributed by atoms with Gasteiger partial charge in [-0.05, 0) is 6.92 Å². The Labute approximate surface area is 98.1 Å². The Morgan fingerprint density at radius 2 is 1.88 bits per heavy atom.